The van der Waals surface area contributed by atoms with Crippen molar-refractivity contribution in [3.05, 3.63) is 57.0 Å². The number of carbonyl (C=O) groups is 2. The standard InChI is InChI=1S/C17H14Cl3NO4/c18-10-3-6-15(14(20)8-10)25-7-1-2-16(22)21-11-4-5-13(19)12(9-11)17(23)24/h3-6,8-9H,1-2,7H2,(H,21,22)(H,23,24). The normalized spacial score (nSPS) is 10.4. The highest BCUT2D eigenvalue weighted by Gasteiger charge is 2.11. The fraction of sp³-hybridized carbons (Fsp3) is 0.176. The Balaban J connectivity index is 1.81. The van der Waals surface area contributed by atoms with Crippen LogP contribution < -0.4 is 10.1 Å². The third-order valence-corrected chi connectivity index (χ3v) is 4.04. The first-order valence-corrected chi connectivity index (χ1v) is 8.41. The molecule has 0 unspecified atom stereocenters. The second kappa shape index (κ2) is 8.94. The zero-order valence-corrected chi connectivity index (χ0v) is 15.2. The molecule has 0 aliphatic carbocycles. The van der Waals surface area contributed by atoms with Crippen molar-refractivity contribution in [1.29, 1.82) is 0 Å². The zero-order valence-electron chi connectivity index (χ0n) is 12.9. The second-order valence-corrected chi connectivity index (χ2v) is 6.33. The van der Waals surface area contributed by atoms with Gasteiger partial charge in [0.05, 0.1) is 22.2 Å². The van der Waals surface area contributed by atoms with Gasteiger partial charge in [-0.05, 0) is 42.8 Å². The number of rotatable bonds is 7. The highest BCUT2D eigenvalue weighted by molar-refractivity contribution is 6.35. The summed E-state index contributed by atoms with van der Waals surface area (Å²) in [6.07, 6.45) is 0.667. The number of benzene rings is 2. The monoisotopic (exact) mass is 401 g/mol. The number of hydrogen-bond acceptors (Lipinski definition) is 3. The molecule has 25 heavy (non-hydrogen) atoms. The van der Waals surface area contributed by atoms with E-state index in [4.69, 9.17) is 44.6 Å². The molecule has 1 amide bonds. The second-order valence-electron chi connectivity index (χ2n) is 5.07. The van der Waals surface area contributed by atoms with E-state index < -0.39 is 5.97 Å². The predicted octanol–water partition coefficient (Wildman–Crippen LogP) is 5.14. The maximum atomic E-state index is 11.9. The maximum absolute atomic E-state index is 11.9. The van der Waals surface area contributed by atoms with Crippen molar-refractivity contribution in [2.24, 2.45) is 0 Å². The van der Waals surface area contributed by atoms with Crippen LogP contribution in [0, 0.1) is 0 Å². The van der Waals surface area contributed by atoms with Gasteiger partial charge in [0.25, 0.3) is 0 Å². The molecule has 8 heteroatoms. The summed E-state index contributed by atoms with van der Waals surface area (Å²) in [5.41, 5.74) is 0.300. The maximum Gasteiger partial charge on any atom is 0.337 e. The average Bonchev–Trinajstić information content (AvgIpc) is 2.54. The Morgan fingerprint density at radius 2 is 1.80 bits per heavy atom. The smallest absolute Gasteiger partial charge is 0.337 e. The quantitative estimate of drug-likeness (QED) is 0.629. The van der Waals surface area contributed by atoms with E-state index in [0.717, 1.165) is 0 Å². The number of anilines is 1. The number of aromatic carboxylic acids is 1. The van der Waals surface area contributed by atoms with E-state index in [1.165, 1.54) is 18.2 Å². The van der Waals surface area contributed by atoms with Gasteiger partial charge in [0.1, 0.15) is 5.75 Å². The Hall–Kier alpha value is -1.95. The number of halogens is 3. The first kappa shape index (κ1) is 19.4. The molecule has 2 aromatic carbocycles. The fourth-order valence-corrected chi connectivity index (χ4v) is 2.66. The minimum Gasteiger partial charge on any atom is -0.492 e. The van der Waals surface area contributed by atoms with Gasteiger partial charge >= 0.3 is 5.97 Å². The molecule has 0 aromatic heterocycles. The van der Waals surface area contributed by atoms with Crippen LogP contribution in [0.2, 0.25) is 15.1 Å². The summed E-state index contributed by atoms with van der Waals surface area (Å²) in [6.45, 7) is 0.301. The molecule has 0 bridgehead atoms. The van der Waals surface area contributed by atoms with E-state index in [9.17, 15) is 9.59 Å². The number of ether oxygens (including phenoxy) is 1. The fourth-order valence-electron chi connectivity index (χ4n) is 2.00. The summed E-state index contributed by atoms with van der Waals surface area (Å²) < 4.78 is 5.49. The topological polar surface area (TPSA) is 75.6 Å². The van der Waals surface area contributed by atoms with E-state index >= 15 is 0 Å². The first-order valence-electron chi connectivity index (χ1n) is 7.27. The van der Waals surface area contributed by atoms with Gasteiger partial charge in [-0.25, -0.2) is 4.79 Å². The van der Waals surface area contributed by atoms with Crippen molar-refractivity contribution in [3.8, 4) is 5.75 Å². The minimum atomic E-state index is -1.16. The molecule has 0 heterocycles. The SMILES string of the molecule is O=C(CCCOc1ccc(Cl)cc1Cl)Nc1ccc(Cl)c(C(=O)O)c1. The lowest BCUT2D eigenvalue weighted by Crippen LogP contribution is -2.13. The molecular formula is C17H14Cl3NO4. The highest BCUT2D eigenvalue weighted by atomic mass is 35.5. The van der Waals surface area contributed by atoms with Crippen LogP contribution in [0.15, 0.2) is 36.4 Å². The van der Waals surface area contributed by atoms with Gasteiger partial charge < -0.3 is 15.2 Å². The molecule has 0 saturated carbocycles. The van der Waals surface area contributed by atoms with E-state index in [0.29, 0.717) is 34.5 Å². The number of hydrogen-bond donors (Lipinski definition) is 2. The van der Waals surface area contributed by atoms with Gasteiger partial charge in [0, 0.05) is 17.1 Å². The van der Waals surface area contributed by atoms with Crippen LogP contribution in [-0.2, 0) is 4.79 Å². The Morgan fingerprint density at radius 1 is 1.04 bits per heavy atom. The lowest BCUT2D eigenvalue weighted by molar-refractivity contribution is -0.116. The highest BCUT2D eigenvalue weighted by Crippen LogP contribution is 2.27. The molecule has 0 saturated heterocycles. The largest absolute Gasteiger partial charge is 0.492 e. The van der Waals surface area contributed by atoms with Crippen molar-refractivity contribution in [2.75, 3.05) is 11.9 Å². The van der Waals surface area contributed by atoms with E-state index in [2.05, 4.69) is 5.32 Å². The Kier molecular flexibility index (Phi) is 6.93. The lowest BCUT2D eigenvalue weighted by atomic mass is 10.2. The number of carboxylic acids is 1. The molecule has 0 radical (unpaired) electrons. The van der Waals surface area contributed by atoms with Crippen LogP contribution in [0.5, 0.6) is 5.75 Å². The predicted molar refractivity (Wildman–Crippen MR) is 98.2 cm³/mol. The molecule has 2 N–H and O–H groups in total. The number of carboxylic acid groups (broad SMARTS) is 1. The van der Waals surface area contributed by atoms with Gasteiger partial charge in [0.2, 0.25) is 5.91 Å². The molecule has 2 rings (SSSR count). The average molecular weight is 403 g/mol. The van der Waals surface area contributed by atoms with Gasteiger partial charge in [0.15, 0.2) is 0 Å². The van der Waals surface area contributed by atoms with Crippen LogP contribution in [0.3, 0.4) is 0 Å². The van der Waals surface area contributed by atoms with Crippen molar-refractivity contribution in [3.63, 3.8) is 0 Å². The molecule has 0 aliphatic rings. The van der Waals surface area contributed by atoms with Crippen molar-refractivity contribution < 1.29 is 19.4 Å². The van der Waals surface area contributed by atoms with Crippen molar-refractivity contribution >= 4 is 52.4 Å². The third-order valence-electron chi connectivity index (χ3n) is 3.18. The molecule has 2 aromatic rings. The minimum absolute atomic E-state index is 0.0693. The molecule has 0 fully saturated rings. The summed E-state index contributed by atoms with van der Waals surface area (Å²) in [7, 11) is 0. The summed E-state index contributed by atoms with van der Waals surface area (Å²) in [5.74, 6) is -0.922. The summed E-state index contributed by atoms with van der Waals surface area (Å²) in [5, 5.41) is 12.7. The van der Waals surface area contributed by atoms with Gasteiger partial charge in [-0.1, -0.05) is 34.8 Å². The van der Waals surface area contributed by atoms with Crippen LogP contribution in [0.4, 0.5) is 5.69 Å². The molecule has 132 valence electrons. The molecule has 5 nitrogen and oxygen atoms in total. The van der Waals surface area contributed by atoms with Gasteiger partial charge in [-0.3, -0.25) is 4.79 Å². The summed E-state index contributed by atoms with van der Waals surface area (Å²) >= 11 is 17.6. The molecule has 0 aliphatic heterocycles. The van der Waals surface area contributed by atoms with Crippen LogP contribution in [-0.4, -0.2) is 23.6 Å². The molecule has 0 spiro atoms. The van der Waals surface area contributed by atoms with Crippen molar-refractivity contribution in [1.82, 2.24) is 0 Å². The summed E-state index contributed by atoms with van der Waals surface area (Å²) in [4.78, 5) is 22.9. The first-order chi connectivity index (χ1) is 11.9. The Labute approximate surface area is 159 Å². The van der Waals surface area contributed by atoms with Crippen molar-refractivity contribution in [2.45, 2.75) is 12.8 Å². The zero-order chi connectivity index (χ0) is 18.4. The lowest BCUT2D eigenvalue weighted by Gasteiger charge is -2.09. The van der Waals surface area contributed by atoms with Crippen LogP contribution >= 0.6 is 34.8 Å². The Morgan fingerprint density at radius 3 is 2.48 bits per heavy atom. The number of amides is 1. The van der Waals surface area contributed by atoms with E-state index in [1.807, 2.05) is 0 Å². The molecular weight excluding hydrogens is 389 g/mol. The third kappa shape index (κ3) is 5.81. The number of carbonyl (C=O) groups excluding carboxylic acids is 1. The van der Waals surface area contributed by atoms with E-state index in [-0.39, 0.29) is 22.9 Å². The van der Waals surface area contributed by atoms with Gasteiger partial charge in [-0.2, -0.15) is 0 Å². The molecule has 0 atom stereocenters. The van der Waals surface area contributed by atoms with Gasteiger partial charge in [-0.15, -0.1) is 0 Å². The number of nitrogens with one attached hydrogen (secondary N) is 1. The Bertz CT molecular complexity index is 795. The van der Waals surface area contributed by atoms with E-state index in [1.54, 1.807) is 18.2 Å². The van der Waals surface area contributed by atoms with Crippen LogP contribution in [0.25, 0.3) is 0 Å². The summed E-state index contributed by atoms with van der Waals surface area (Å²) in [6, 6.07) is 9.17. The van der Waals surface area contributed by atoms with Crippen LogP contribution in [0.1, 0.15) is 23.2 Å².